The van der Waals surface area contributed by atoms with Crippen molar-refractivity contribution in [3.8, 4) is 0 Å². The van der Waals surface area contributed by atoms with E-state index in [1.807, 2.05) is 0 Å². The Morgan fingerprint density at radius 1 is 0.345 bits per heavy atom. The van der Waals surface area contributed by atoms with E-state index in [-0.39, 0.29) is 45.8 Å². The van der Waals surface area contributed by atoms with Crippen LogP contribution in [0.1, 0.15) is 234 Å². The molecule has 8 nitrogen and oxygen atoms in total. The predicted octanol–water partition coefficient (Wildman–Crippen LogP) is 12.9. The van der Waals surface area contributed by atoms with Crippen LogP contribution in [0.25, 0.3) is 10.8 Å². The fraction of sp³-hybridized carbons (Fsp3) is 0.800. The first-order valence-corrected chi connectivity index (χ1v) is 22.9. The second kappa shape index (κ2) is 15.0. The molecule has 328 valence electrons. The highest BCUT2D eigenvalue weighted by atomic mass is 16.5. The van der Waals surface area contributed by atoms with Crippen LogP contribution < -0.4 is 0 Å². The number of benzene rings is 2. The van der Waals surface area contributed by atoms with E-state index in [1.165, 1.54) is 33.0 Å². The molecular formula is C50H84N4O4. The highest BCUT2D eigenvalue weighted by molar-refractivity contribution is 5.92. The van der Waals surface area contributed by atoms with Crippen LogP contribution in [0.4, 0.5) is 0 Å². The van der Waals surface area contributed by atoms with E-state index >= 15 is 0 Å². The molecule has 4 atom stereocenters. The van der Waals surface area contributed by atoms with Gasteiger partial charge >= 0.3 is 0 Å². The number of hydrogen-bond donors (Lipinski definition) is 4. The van der Waals surface area contributed by atoms with Crippen molar-refractivity contribution in [2.24, 2.45) is 0 Å². The van der Waals surface area contributed by atoms with Crippen molar-refractivity contribution in [2.45, 2.75) is 256 Å². The molecule has 4 aliphatic rings. The summed E-state index contributed by atoms with van der Waals surface area (Å²) in [5.41, 5.74) is 2.62. The van der Waals surface area contributed by atoms with Crippen molar-refractivity contribution in [1.82, 2.24) is 20.3 Å². The molecule has 8 heteroatoms. The minimum absolute atomic E-state index is 0.228. The monoisotopic (exact) mass is 805 g/mol. The Labute approximate surface area is 353 Å². The maximum absolute atomic E-state index is 11.7. The van der Waals surface area contributed by atoms with Gasteiger partial charge < -0.3 is 20.8 Å². The van der Waals surface area contributed by atoms with Crippen molar-refractivity contribution in [3.05, 3.63) is 46.5 Å². The second-order valence-corrected chi connectivity index (χ2v) is 24.7. The minimum atomic E-state index is -0.435. The van der Waals surface area contributed by atoms with E-state index in [2.05, 4.69) is 135 Å². The lowest BCUT2D eigenvalue weighted by molar-refractivity contribution is -0.221. The Morgan fingerprint density at radius 3 is 0.828 bits per heavy atom. The summed E-state index contributed by atoms with van der Waals surface area (Å²) >= 11 is 0. The first-order chi connectivity index (χ1) is 26.3. The SMILES string of the molecule is CC1(C)CCC(c2ccc3c(C4CCC(C)(C)N(O)C(C)(C)C4)c(C4CCC(C)(C)N(O)C(C)(C)C4)ccc3c2C2CCC(C)(C)N(O)C(C)(C)C2)CC(C)(C)N1O. The van der Waals surface area contributed by atoms with Gasteiger partial charge in [0.05, 0.1) is 0 Å². The molecule has 0 bridgehead atoms. The summed E-state index contributed by atoms with van der Waals surface area (Å²) in [4.78, 5) is 0. The average Bonchev–Trinajstić information content (AvgIpc) is 3.34. The third-order valence-electron chi connectivity index (χ3n) is 16.0. The highest BCUT2D eigenvalue weighted by Gasteiger charge is 2.48. The Balaban J connectivity index is 1.65. The maximum Gasteiger partial charge on any atom is 0.0416 e. The summed E-state index contributed by atoms with van der Waals surface area (Å²) in [6.45, 7) is 35.0. The summed E-state index contributed by atoms with van der Waals surface area (Å²) in [5, 5.41) is 55.9. The highest BCUT2D eigenvalue weighted by Crippen LogP contribution is 2.54. The fourth-order valence-corrected chi connectivity index (χ4v) is 13.1. The van der Waals surface area contributed by atoms with Gasteiger partial charge in [-0.25, -0.2) is 0 Å². The molecule has 0 amide bonds. The molecule has 4 saturated heterocycles. The lowest BCUT2D eigenvalue weighted by Crippen LogP contribution is -2.52. The Morgan fingerprint density at radius 2 is 0.569 bits per heavy atom. The van der Waals surface area contributed by atoms with Gasteiger partial charge in [-0.1, -0.05) is 24.3 Å². The molecule has 2 aromatic rings. The second-order valence-electron chi connectivity index (χ2n) is 24.7. The summed E-state index contributed by atoms with van der Waals surface area (Å²) < 4.78 is 0. The zero-order valence-corrected chi connectivity index (χ0v) is 39.7. The normalized spacial score (nSPS) is 32.8. The van der Waals surface area contributed by atoms with Crippen molar-refractivity contribution in [2.75, 3.05) is 0 Å². The van der Waals surface area contributed by atoms with Crippen LogP contribution in [0.15, 0.2) is 24.3 Å². The van der Waals surface area contributed by atoms with Gasteiger partial charge in [0.2, 0.25) is 0 Å². The minimum Gasteiger partial charge on any atom is -0.313 e. The molecule has 0 aromatic heterocycles. The van der Waals surface area contributed by atoms with Gasteiger partial charge in [-0.05, 0) is 245 Å². The third kappa shape index (κ3) is 8.33. The average molecular weight is 805 g/mol. The summed E-state index contributed by atoms with van der Waals surface area (Å²) in [6.07, 6.45) is 10.9. The van der Waals surface area contributed by atoms with E-state index in [1.54, 1.807) is 20.3 Å². The fourth-order valence-electron chi connectivity index (χ4n) is 13.1. The molecule has 0 radical (unpaired) electrons. The zero-order valence-electron chi connectivity index (χ0n) is 39.7. The Hall–Kier alpha value is -1.62. The van der Waals surface area contributed by atoms with E-state index in [9.17, 15) is 20.8 Å². The van der Waals surface area contributed by atoms with Crippen LogP contribution in [-0.4, -0.2) is 85.4 Å². The smallest absolute Gasteiger partial charge is 0.0416 e. The topological polar surface area (TPSA) is 93.9 Å². The van der Waals surface area contributed by atoms with Crippen LogP contribution in [0.5, 0.6) is 0 Å². The number of nitrogens with zero attached hydrogens (tertiary/aromatic N) is 4. The molecule has 4 aliphatic heterocycles. The molecule has 0 aliphatic carbocycles. The number of hydroxylamine groups is 8. The van der Waals surface area contributed by atoms with Crippen molar-refractivity contribution in [1.29, 1.82) is 0 Å². The lowest BCUT2D eigenvalue weighted by atomic mass is 9.71. The molecule has 4 fully saturated rings. The molecule has 4 N–H and O–H groups in total. The van der Waals surface area contributed by atoms with Gasteiger partial charge in [0, 0.05) is 44.3 Å². The predicted molar refractivity (Wildman–Crippen MR) is 237 cm³/mol. The lowest BCUT2D eigenvalue weighted by Gasteiger charge is -2.43. The molecule has 0 saturated carbocycles. The first kappa shape index (κ1) is 45.9. The summed E-state index contributed by atoms with van der Waals surface area (Å²) in [7, 11) is 0. The van der Waals surface area contributed by atoms with E-state index in [0.717, 1.165) is 77.0 Å². The molecule has 4 unspecified atom stereocenters. The van der Waals surface area contributed by atoms with Gasteiger partial charge in [0.1, 0.15) is 0 Å². The Kier molecular flexibility index (Phi) is 11.9. The summed E-state index contributed by atoms with van der Waals surface area (Å²) in [5.74, 6) is 0.983. The van der Waals surface area contributed by atoms with Gasteiger partial charge in [0.25, 0.3) is 0 Å². The van der Waals surface area contributed by atoms with E-state index < -0.39 is 22.2 Å². The van der Waals surface area contributed by atoms with Crippen LogP contribution in [0.2, 0.25) is 0 Å². The first-order valence-electron chi connectivity index (χ1n) is 22.9. The molecule has 6 rings (SSSR count). The van der Waals surface area contributed by atoms with E-state index in [0.29, 0.717) is 0 Å². The molecule has 58 heavy (non-hydrogen) atoms. The van der Waals surface area contributed by atoms with Crippen molar-refractivity contribution >= 4 is 10.8 Å². The van der Waals surface area contributed by atoms with Crippen LogP contribution in [0, 0.1) is 0 Å². The molecule has 0 spiro atoms. The number of hydrogen-bond acceptors (Lipinski definition) is 8. The van der Waals surface area contributed by atoms with Crippen LogP contribution in [-0.2, 0) is 0 Å². The van der Waals surface area contributed by atoms with Crippen LogP contribution in [0.3, 0.4) is 0 Å². The maximum atomic E-state index is 11.7. The number of fused-ring (bicyclic) bond motifs is 1. The van der Waals surface area contributed by atoms with Gasteiger partial charge in [-0.2, -0.15) is 20.3 Å². The molecule has 2 aromatic carbocycles. The summed E-state index contributed by atoms with van der Waals surface area (Å²) in [6, 6.07) is 9.87. The molecule has 4 heterocycles. The zero-order chi connectivity index (χ0) is 43.4. The van der Waals surface area contributed by atoms with E-state index in [4.69, 9.17) is 0 Å². The number of rotatable bonds is 4. The van der Waals surface area contributed by atoms with Gasteiger partial charge in [0.15, 0.2) is 0 Å². The largest absolute Gasteiger partial charge is 0.313 e. The molecular weight excluding hydrogens is 721 g/mol. The quantitative estimate of drug-likeness (QED) is 0.243. The Bertz CT molecular complexity index is 1690. The van der Waals surface area contributed by atoms with Crippen molar-refractivity contribution in [3.63, 3.8) is 0 Å². The van der Waals surface area contributed by atoms with Crippen LogP contribution >= 0.6 is 0 Å². The standard InChI is InChI=1S/C50H84N4O4/c1-43(2)25-21-33(29-47(9,10)51(43)55)37-17-19-40-39(41(37)35-23-27-45(5,6)53(57)49(13,14)31-35)20-18-38(34-22-26-44(3,4)52(56)48(11,12)30-34)42(40)36-24-28-46(7,8)54(58)50(15,16)32-36/h17-20,33-36,55-58H,21-32H2,1-16H3. The van der Waals surface area contributed by atoms with Gasteiger partial charge in [-0.3, -0.25) is 0 Å². The van der Waals surface area contributed by atoms with Gasteiger partial charge in [-0.15, -0.1) is 0 Å². The third-order valence-corrected chi connectivity index (χ3v) is 16.0. The van der Waals surface area contributed by atoms with Crippen molar-refractivity contribution < 1.29 is 20.8 Å².